The number of rotatable bonds is 6. The molecule has 3 heterocycles. The molecule has 30 heavy (non-hydrogen) atoms. The quantitative estimate of drug-likeness (QED) is 0.517. The van der Waals surface area contributed by atoms with Gasteiger partial charge in [0.1, 0.15) is 5.69 Å². The fourth-order valence-corrected chi connectivity index (χ4v) is 3.49. The Balaban J connectivity index is 1.49. The lowest BCUT2D eigenvalue weighted by atomic mass is 10.0. The van der Waals surface area contributed by atoms with Crippen molar-refractivity contribution in [1.82, 2.24) is 30.3 Å². The highest BCUT2D eigenvalue weighted by molar-refractivity contribution is 5.93. The summed E-state index contributed by atoms with van der Waals surface area (Å²) in [4.78, 5) is 16.5. The normalized spacial score (nSPS) is 10.9. The van der Waals surface area contributed by atoms with Gasteiger partial charge in [-0.25, -0.2) is 0 Å². The summed E-state index contributed by atoms with van der Waals surface area (Å²) in [6, 6.07) is 12.0. The van der Waals surface area contributed by atoms with E-state index in [0.717, 1.165) is 45.6 Å². The molecule has 7 nitrogen and oxygen atoms in total. The topological polar surface area (TPSA) is 88.5 Å². The monoisotopic (exact) mass is 400 g/mol. The van der Waals surface area contributed by atoms with Crippen molar-refractivity contribution in [2.75, 3.05) is 0 Å². The van der Waals surface area contributed by atoms with Gasteiger partial charge in [-0.15, -0.1) is 0 Å². The molecule has 3 aromatic heterocycles. The van der Waals surface area contributed by atoms with Crippen LogP contribution in [0.1, 0.15) is 34.2 Å². The predicted molar refractivity (Wildman–Crippen MR) is 116 cm³/mol. The average Bonchev–Trinajstić information content (AvgIpc) is 3.35. The fraction of sp³-hybridized carbons (Fsp3) is 0.217. The number of H-pyrrole nitrogens is 1. The molecule has 4 rings (SSSR count). The van der Waals surface area contributed by atoms with E-state index in [-0.39, 0.29) is 5.91 Å². The number of amides is 1. The van der Waals surface area contributed by atoms with Crippen LogP contribution in [0.25, 0.3) is 22.4 Å². The third-order valence-corrected chi connectivity index (χ3v) is 5.18. The van der Waals surface area contributed by atoms with Crippen LogP contribution < -0.4 is 5.32 Å². The minimum Gasteiger partial charge on any atom is -0.347 e. The molecule has 0 aliphatic rings. The van der Waals surface area contributed by atoms with E-state index < -0.39 is 0 Å². The van der Waals surface area contributed by atoms with E-state index in [1.807, 2.05) is 68.2 Å². The number of benzene rings is 1. The highest BCUT2D eigenvalue weighted by Gasteiger charge is 2.15. The van der Waals surface area contributed by atoms with Crippen LogP contribution in [0.2, 0.25) is 0 Å². The Morgan fingerprint density at radius 3 is 2.50 bits per heavy atom. The maximum absolute atomic E-state index is 12.4. The first-order valence-corrected chi connectivity index (χ1v) is 9.92. The molecule has 0 atom stereocenters. The van der Waals surface area contributed by atoms with Crippen LogP contribution in [-0.2, 0) is 20.0 Å². The van der Waals surface area contributed by atoms with Crippen molar-refractivity contribution in [2.45, 2.75) is 26.8 Å². The van der Waals surface area contributed by atoms with Gasteiger partial charge >= 0.3 is 0 Å². The largest absolute Gasteiger partial charge is 0.347 e. The molecule has 0 saturated heterocycles. The summed E-state index contributed by atoms with van der Waals surface area (Å²) in [5, 5.41) is 14.6. The first-order chi connectivity index (χ1) is 14.6. The molecule has 152 valence electrons. The molecule has 0 aliphatic carbocycles. The van der Waals surface area contributed by atoms with Crippen molar-refractivity contribution in [3.05, 3.63) is 77.5 Å². The van der Waals surface area contributed by atoms with Crippen LogP contribution in [0, 0.1) is 6.92 Å². The standard InChI is InChI=1S/C23H24N6O/c1-4-20-15(2)21(27-26-20)23(30)25-13-16-5-7-18(8-6-16)22-19(14-29(3)28-22)17-9-11-24-12-10-17/h5-12,14H,4,13H2,1-3H3,(H,25,30)(H,26,27). The minimum absolute atomic E-state index is 0.169. The van der Waals surface area contributed by atoms with E-state index in [0.29, 0.717) is 12.2 Å². The summed E-state index contributed by atoms with van der Waals surface area (Å²) < 4.78 is 1.82. The number of hydrogen-bond acceptors (Lipinski definition) is 4. The highest BCUT2D eigenvalue weighted by atomic mass is 16.1. The van der Waals surface area contributed by atoms with Gasteiger partial charge in [0.25, 0.3) is 5.91 Å². The molecule has 0 radical (unpaired) electrons. The zero-order chi connectivity index (χ0) is 21.1. The minimum atomic E-state index is -0.169. The fourth-order valence-electron chi connectivity index (χ4n) is 3.49. The SMILES string of the molecule is CCc1[nH]nc(C(=O)NCc2ccc(-c3nn(C)cc3-c3ccncc3)cc2)c1C. The van der Waals surface area contributed by atoms with E-state index in [1.54, 1.807) is 12.4 Å². The summed E-state index contributed by atoms with van der Waals surface area (Å²) >= 11 is 0. The van der Waals surface area contributed by atoms with Gasteiger partial charge in [-0.1, -0.05) is 31.2 Å². The van der Waals surface area contributed by atoms with Gasteiger partial charge in [0.2, 0.25) is 0 Å². The molecule has 0 aliphatic heterocycles. The van der Waals surface area contributed by atoms with Gasteiger partial charge in [0.05, 0.1) is 0 Å². The molecule has 0 fully saturated rings. The average molecular weight is 400 g/mol. The molecular weight excluding hydrogens is 376 g/mol. The van der Waals surface area contributed by atoms with E-state index in [1.165, 1.54) is 0 Å². The van der Waals surface area contributed by atoms with E-state index in [2.05, 4.69) is 25.6 Å². The van der Waals surface area contributed by atoms with Crippen LogP contribution in [0.5, 0.6) is 0 Å². The maximum Gasteiger partial charge on any atom is 0.272 e. The lowest BCUT2D eigenvalue weighted by Crippen LogP contribution is -2.23. The second kappa shape index (κ2) is 8.32. The van der Waals surface area contributed by atoms with Crippen LogP contribution >= 0.6 is 0 Å². The van der Waals surface area contributed by atoms with Crippen LogP contribution in [0.4, 0.5) is 0 Å². The third-order valence-electron chi connectivity index (χ3n) is 5.18. The zero-order valence-corrected chi connectivity index (χ0v) is 17.3. The van der Waals surface area contributed by atoms with Gasteiger partial charge in [0, 0.05) is 54.6 Å². The van der Waals surface area contributed by atoms with Crippen molar-refractivity contribution in [3.63, 3.8) is 0 Å². The van der Waals surface area contributed by atoms with Gasteiger partial charge in [-0.05, 0) is 36.6 Å². The second-order valence-electron chi connectivity index (χ2n) is 7.21. The van der Waals surface area contributed by atoms with Crippen molar-refractivity contribution < 1.29 is 4.79 Å². The van der Waals surface area contributed by atoms with E-state index in [4.69, 9.17) is 0 Å². The maximum atomic E-state index is 12.4. The number of nitrogens with zero attached hydrogens (tertiary/aromatic N) is 4. The number of aryl methyl sites for hydroxylation is 2. The third kappa shape index (κ3) is 3.87. The lowest BCUT2D eigenvalue weighted by Gasteiger charge is -2.07. The summed E-state index contributed by atoms with van der Waals surface area (Å²) in [5.74, 6) is -0.169. The molecule has 0 spiro atoms. The second-order valence-corrected chi connectivity index (χ2v) is 7.21. The number of carbonyl (C=O) groups excluding carboxylic acids is 1. The molecule has 1 aromatic carbocycles. The number of hydrogen-bond donors (Lipinski definition) is 2. The Hall–Kier alpha value is -3.74. The zero-order valence-electron chi connectivity index (χ0n) is 17.3. The Labute approximate surface area is 175 Å². The van der Waals surface area contributed by atoms with E-state index >= 15 is 0 Å². The van der Waals surface area contributed by atoms with Crippen molar-refractivity contribution >= 4 is 5.91 Å². The highest BCUT2D eigenvalue weighted by Crippen LogP contribution is 2.30. The van der Waals surface area contributed by atoms with Crippen molar-refractivity contribution in [3.8, 4) is 22.4 Å². The predicted octanol–water partition coefficient (Wildman–Crippen LogP) is 3.67. The van der Waals surface area contributed by atoms with Crippen molar-refractivity contribution in [2.24, 2.45) is 7.05 Å². The van der Waals surface area contributed by atoms with Crippen LogP contribution in [0.15, 0.2) is 55.0 Å². The molecular formula is C23H24N6O. The number of aromatic amines is 1. The molecule has 2 N–H and O–H groups in total. The van der Waals surface area contributed by atoms with Gasteiger partial charge in [-0.2, -0.15) is 10.2 Å². The number of pyridine rings is 1. The summed E-state index contributed by atoms with van der Waals surface area (Å²) in [6.45, 7) is 4.39. The first kappa shape index (κ1) is 19.6. The lowest BCUT2D eigenvalue weighted by molar-refractivity contribution is 0.0945. The van der Waals surface area contributed by atoms with Crippen molar-refractivity contribution in [1.29, 1.82) is 0 Å². The summed E-state index contributed by atoms with van der Waals surface area (Å²) in [6.07, 6.45) is 6.39. The Kier molecular flexibility index (Phi) is 5.43. The van der Waals surface area contributed by atoms with Gasteiger partial charge < -0.3 is 5.32 Å². The molecule has 1 amide bonds. The van der Waals surface area contributed by atoms with Crippen LogP contribution in [0.3, 0.4) is 0 Å². The van der Waals surface area contributed by atoms with Crippen LogP contribution in [-0.4, -0.2) is 30.9 Å². The first-order valence-electron chi connectivity index (χ1n) is 9.92. The molecule has 7 heteroatoms. The molecule has 0 saturated carbocycles. The Bertz CT molecular complexity index is 1160. The molecule has 0 bridgehead atoms. The number of carbonyl (C=O) groups is 1. The molecule has 4 aromatic rings. The van der Waals surface area contributed by atoms with E-state index in [9.17, 15) is 4.79 Å². The summed E-state index contributed by atoms with van der Waals surface area (Å²) in [5.41, 5.74) is 7.43. The summed E-state index contributed by atoms with van der Waals surface area (Å²) in [7, 11) is 1.92. The van der Waals surface area contributed by atoms with Gasteiger partial charge in [-0.3, -0.25) is 19.6 Å². The Morgan fingerprint density at radius 1 is 1.10 bits per heavy atom. The number of aromatic nitrogens is 5. The smallest absolute Gasteiger partial charge is 0.272 e. The van der Waals surface area contributed by atoms with Gasteiger partial charge in [0.15, 0.2) is 5.69 Å². The molecule has 0 unspecified atom stereocenters. The number of nitrogens with one attached hydrogen (secondary N) is 2. The Morgan fingerprint density at radius 2 is 1.83 bits per heavy atom.